The van der Waals surface area contributed by atoms with E-state index in [9.17, 15) is 4.79 Å². The van der Waals surface area contributed by atoms with Crippen LogP contribution in [0.25, 0.3) is 0 Å². The highest BCUT2D eigenvalue weighted by atomic mass is 16.1. The minimum absolute atomic E-state index is 0.0782. The first-order chi connectivity index (χ1) is 9.85. The van der Waals surface area contributed by atoms with Crippen molar-refractivity contribution in [1.29, 1.82) is 0 Å². The van der Waals surface area contributed by atoms with Crippen molar-refractivity contribution < 1.29 is 4.79 Å². The van der Waals surface area contributed by atoms with E-state index in [0.29, 0.717) is 30.7 Å². The van der Waals surface area contributed by atoms with E-state index in [-0.39, 0.29) is 5.91 Å². The summed E-state index contributed by atoms with van der Waals surface area (Å²) in [6.45, 7) is 11.4. The Kier molecular flexibility index (Phi) is 6.90. The largest absolute Gasteiger partial charge is 0.330 e. The van der Waals surface area contributed by atoms with Crippen LogP contribution in [0, 0.1) is 5.92 Å². The van der Waals surface area contributed by atoms with Crippen molar-refractivity contribution in [2.75, 3.05) is 11.9 Å². The first-order valence-corrected chi connectivity index (χ1v) is 7.98. The topological polar surface area (TPSA) is 55.1 Å². The molecule has 1 aromatic carbocycles. The molecule has 3 nitrogen and oxygen atoms in total. The van der Waals surface area contributed by atoms with Gasteiger partial charge in [-0.3, -0.25) is 4.79 Å². The minimum atomic E-state index is 0.0782. The summed E-state index contributed by atoms with van der Waals surface area (Å²) in [7, 11) is 0. The van der Waals surface area contributed by atoms with Gasteiger partial charge in [0.1, 0.15) is 0 Å². The van der Waals surface area contributed by atoms with Gasteiger partial charge in [0, 0.05) is 12.1 Å². The summed E-state index contributed by atoms with van der Waals surface area (Å²) >= 11 is 0. The SMILES string of the molecule is CC(CN)CCC(=O)Nc1ccc(C(C)C)cc1C(C)C. The molecule has 0 heterocycles. The van der Waals surface area contributed by atoms with Crippen LogP contribution >= 0.6 is 0 Å². The molecule has 0 saturated carbocycles. The number of nitrogens with one attached hydrogen (secondary N) is 1. The second kappa shape index (κ2) is 8.18. The van der Waals surface area contributed by atoms with E-state index in [1.54, 1.807) is 0 Å². The maximum absolute atomic E-state index is 12.1. The monoisotopic (exact) mass is 290 g/mol. The van der Waals surface area contributed by atoms with Gasteiger partial charge < -0.3 is 11.1 Å². The van der Waals surface area contributed by atoms with Crippen molar-refractivity contribution >= 4 is 11.6 Å². The third-order valence-corrected chi connectivity index (χ3v) is 3.90. The zero-order valence-electron chi connectivity index (χ0n) is 14.1. The molecule has 3 N–H and O–H groups in total. The summed E-state index contributed by atoms with van der Waals surface area (Å²) in [6, 6.07) is 6.36. The van der Waals surface area contributed by atoms with E-state index in [4.69, 9.17) is 5.73 Å². The first kappa shape index (κ1) is 17.7. The highest BCUT2D eigenvalue weighted by molar-refractivity contribution is 5.91. The molecular weight excluding hydrogens is 260 g/mol. The van der Waals surface area contributed by atoms with E-state index in [1.165, 1.54) is 11.1 Å². The molecule has 1 aromatic rings. The Hall–Kier alpha value is -1.35. The van der Waals surface area contributed by atoms with Crippen LogP contribution in [0.1, 0.15) is 70.4 Å². The van der Waals surface area contributed by atoms with Crippen molar-refractivity contribution in [3.63, 3.8) is 0 Å². The molecule has 0 aromatic heterocycles. The normalized spacial score (nSPS) is 12.8. The highest BCUT2D eigenvalue weighted by Gasteiger charge is 2.12. The van der Waals surface area contributed by atoms with Gasteiger partial charge in [0.25, 0.3) is 0 Å². The number of hydrogen-bond donors (Lipinski definition) is 2. The molecule has 0 aliphatic carbocycles. The third kappa shape index (κ3) is 5.50. The molecule has 21 heavy (non-hydrogen) atoms. The number of rotatable bonds is 7. The zero-order chi connectivity index (χ0) is 16.0. The fraction of sp³-hybridized carbons (Fsp3) is 0.611. The van der Waals surface area contributed by atoms with Crippen LogP contribution in [0.4, 0.5) is 5.69 Å². The number of nitrogens with two attached hydrogens (primary N) is 1. The van der Waals surface area contributed by atoms with Crippen LogP contribution in [0.2, 0.25) is 0 Å². The van der Waals surface area contributed by atoms with Crippen molar-refractivity contribution in [3.05, 3.63) is 29.3 Å². The zero-order valence-corrected chi connectivity index (χ0v) is 14.1. The number of hydrogen-bond acceptors (Lipinski definition) is 2. The average Bonchev–Trinajstić information content (AvgIpc) is 2.44. The Balaban J connectivity index is 2.80. The van der Waals surface area contributed by atoms with Gasteiger partial charge in [-0.2, -0.15) is 0 Å². The standard InChI is InChI=1S/C18H30N2O/c1-12(2)15-7-8-17(16(10-15)13(3)4)20-18(21)9-6-14(5)11-19/h7-8,10,12-14H,6,9,11,19H2,1-5H3,(H,20,21). The van der Waals surface area contributed by atoms with Crippen molar-refractivity contribution in [2.24, 2.45) is 11.7 Å². The van der Waals surface area contributed by atoms with Crippen LogP contribution < -0.4 is 11.1 Å². The van der Waals surface area contributed by atoms with Gasteiger partial charge >= 0.3 is 0 Å². The third-order valence-electron chi connectivity index (χ3n) is 3.90. The molecule has 0 bridgehead atoms. The number of benzene rings is 1. The van der Waals surface area contributed by atoms with E-state index < -0.39 is 0 Å². The number of anilines is 1. The van der Waals surface area contributed by atoms with E-state index in [0.717, 1.165) is 12.1 Å². The van der Waals surface area contributed by atoms with E-state index >= 15 is 0 Å². The lowest BCUT2D eigenvalue weighted by Crippen LogP contribution is -2.17. The maximum Gasteiger partial charge on any atom is 0.224 e. The lowest BCUT2D eigenvalue weighted by molar-refractivity contribution is -0.116. The predicted molar refractivity (Wildman–Crippen MR) is 90.7 cm³/mol. The minimum Gasteiger partial charge on any atom is -0.330 e. The molecule has 0 aliphatic heterocycles. The summed E-state index contributed by atoms with van der Waals surface area (Å²) in [5, 5.41) is 3.06. The van der Waals surface area contributed by atoms with Gasteiger partial charge in [-0.15, -0.1) is 0 Å². The van der Waals surface area contributed by atoms with Gasteiger partial charge in [-0.25, -0.2) is 0 Å². The Labute approximate surface area is 129 Å². The molecule has 0 aliphatic rings. The fourth-order valence-corrected chi connectivity index (χ4v) is 2.24. The molecule has 118 valence electrons. The lowest BCUT2D eigenvalue weighted by Gasteiger charge is -2.17. The van der Waals surface area contributed by atoms with Gasteiger partial charge in [0.2, 0.25) is 5.91 Å². The van der Waals surface area contributed by atoms with Gasteiger partial charge in [-0.1, -0.05) is 46.8 Å². The molecule has 0 radical (unpaired) electrons. The van der Waals surface area contributed by atoms with Crippen molar-refractivity contribution in [3.8, 4) is 0 Å². The van der Waals surface area contributed by atoms with Crippen molar-refractivity contribution in [2.45, 2.75) is 59.3 Å². The summed E-state index contributed by atoms with van der Waals surface area (Å²) in [6.07, 6.45) is 1.37. The fourth-order valence-electron chi connectivity index (χ4n) is 2.24. The molecule has 1 amide bonds. The number of carbonyl (C=O) groups is 1. The van der Waals surface area contributed by atoms with E-state index in [2.05, 4.69) is 52.1 Å². The highest BCUT2D eigenvalue weighted by Crippen LogP contribution is 2.28. The van der Waals surface area contributed by atoms with Gasteiger partial charge in [-0.05, 0) is 47.9 Å². The van der Waals surface area contributed by atoms with Gasteiger partial charge in [0.05, 0.1) is 0 Å². The average molecular weight is 290 g/mol. The molecular formula is C18H30N2O. The Morgan fingerprint density at radius 3 is 2.33 bits per heavy atom. The Morgan fingerprint density at radius 2 is 1.81 bits per heavy atom. The number of amides is 1. The van der Waals surface area contributed by atoms with Crippen molar-refractivity contribution in [1.82, 2.24) is 0 Å². The Bertz CT molecular complexity index is 466. The predicted octanol–water partition coefficient (Wildman–Crippen LogP) is 4.25. The summed E-state index contributed by atoms with van der Waals surface area (Å²) < 4.78 is 0. The number of carbonyl (C=O) groups excluding carboxylic acids is 1. The second-order valence-electron chi connectivity index (χ2n) is 6.58. The van der Waals surface area contributed by atoms with Crippen LogP contribution in [-0.2, 0) is 4.79 Å². The Morgan fingerprint density at radius 1 is 1.14 bits per heavy atom. The molecule has 1 rings (SSSR count). The van der Waals surface area contributed by atoms with E-state index in [1.807, 2.05) is 6.07 Å². The van der Waals surface area contributed by atoms with Crippen LogP contribution in [0.3, 0.4) is 0 Å². The lowest BCUT2D eigenvalue weighted by atomic mass is 9.94. The molecule has 1 atom stereocenters. The maximum atomic E-state index is 12.1. The summed E-state index contributed by atoms with van der Waals surface area (Å²) in [4.78, 5) is 12.1. The van der Waals surface area contributed by atoms with Gasteiger partial charge in [0.15, 0.2) is 0 Å². The first-order valence-electron chi connectivity index (χ1n) is 7.98. The second-order valence-corrected chi connectivity index (χ2v) is 6.58. The van der Waals surface area contributed by atoms with Crippen LogP contribution in [0.15, 0.2) is 18.2 Å². The molecule has 0 spiro atoms. The molecule has 0 fully saturated rings. The molecule has 0 saturated heterocycles. The smallest absolute Gasteiger partial charge is 0.224 e. The quantitative estimate of drug-likeness (QED) is 0.789. The molecule has 3 heteroatoms. The van der Waals surface area contributed by atoms with Crippen LogP contribution in [0.5, 0.6) is 0 Å². The van der Waals surface area contributed by atoms with Crippen LogP contribution in [-0.4, -0.2) is 12.5 Å². The summed E-state index contributed by atoms with van der Waals surface area (Å²) in [5.41, 5.74) is 9.06. The summed E-state index contributed by atoms with van der Waals surface area (Å²) in [5.74, 6) is 1.36. The molecule has 1 unspecified atom stereocenters.